The number of benzene rings is 1. The van der Waals surface area contributed by atoms with Crippen LogP contribution < -0.4 is 10.6 Å². The Morgan fingerprint density at radius 1 is 1.25 bits per heavy atom. The van der Waals surface area contributed by atoms with E-state index < -0.39 is 0 Å². The van der Waals surface area contributed by atoms with Gasteiger partial charge in [0.25, 0.3) is 5.91 Å². The molecule has 5 heteroatoms. The van der Waals surface area contributed by atoms with E-state index in [9.17, 15) is 9.59 Å². The molecule has 0 aliphatic carbocycles. The van der Waals surface area contributed by atoms with Crippen LogP contribution in [-0.2, 0) is 4.79 Å². The lowest BCUT2D eigenvalue weighted by Gasteiger charge is -2.31. The molecule has 1 aromatic rings. The molecule has 20 heavy (non-hydrogen) atoms. The predicted octanol–water partition coefficient (Wildman–Crippen LogP) is 1.47. The summed E-state index contributed by atoms with van der Waals surface area (Å²) in [5.41, 5.74) is 1.28. The fourth-order valence-electron chi connectivity index (χ4n) is 2.49. The third kappa shape index (κ3) is 3.57. The molecule has 2 N–H and O–H groups in total. The molecule has 0 unspecified atom stereocenters. The Balaban J connectivity index is 2.04. The van der Waals surface area contributed by atoms with Gasteiger partial charge in [-0.2, -0.15) is 0 Å². The SMILES string of the molecule is CNC1CCN(C(=O)c2cccc(NC(C)=O)c2)CC1. The van der Waals surface area contributed by atoms with E-state index in [-0.39, 0.29) is 11.8 Å². The minimum absolute atomic E-state index is 0.0340. The van der Waals surface area contributed by atoms with Crippen LogP contribution in [0.4, 0.5) is 5.69 Å². The highest BCUT2D eigenvalue weighted by Gasteiger charge is 2.22. The van der Waals surface area contributed by atoms with Gasteiger partial charge >= 0.3 is 0 Å². The highest BCUT2D eigenvalue weighted by Crippen LogP contribution is 2.16. The molecule has 0 radical (unpaired) electrons. The molecule has 1 aliphatic rings. The van der Waals surface area contributed by atoms with Crippen LogP contribution in [0.15, 0.2) is 24.3 Å². The van der Waals surface area contributed by atoms with Crippen molar-refractivity contribution in [3.05, 3.63) is 29.8 Å². The number of amides is 2. The van der Waals surface area contributed by atoms with Crippen LogP contribution >= 0.6 is 0 Å². The van der Waals surface area contributed by atoms with Crippen molar-refractivity contribution >= 4 is 17.5 Å². The van der Waals surface area contributed by atoms with Crippen molar-refractivity contribution in [2.75, 3.05) is 25.5 Å². The third-order valence-corrected chi connectivity index (χ3v) is 3.62. The summed E-state index contributed by atoms with van der Waals surface area (Å²) in [5, 5.41) is 5.95. The van der Waals surface area contributed by atoms with Crippen LogP contribution in [0.5, 0.6) is 0 Å². The van der Waals surface area contributed by atoms with Gasteiger partial charge < -0.3 is 15.5 Å². The Labute approximate surface area is 119 Å². The molecular weight excluding hydrogens is 254 g/mol. The second kappa shape index (κ2) is 6.52. The van der Waals surface area contributed by atoms with E-state index in [1.165, 1.54) is 6.92 Å². The molecule has 2 rings (SSSR count). The lowest BCUT2D eigenvalue weighted by molar-refractivity contribution is -0.114. The van der Waals surface area contributed by atoms with Crippen molar-refractivity contribution in [2.24, 2.45) is 0 Å². The zero-order chi connectivity index (χ0) is 14.5. The van der Waals surface area contributed by atoms with Gasteiger partial charge in [0.15, 0.2) is 0 Å². The van der Waals surface area contributed by atoms with Crippen molar-refractivity contribution in [3.63, 3.8) is 0 Å². The summed E-state index contributed by atoms with van der Waals surface area (Å²) in [5.74, 6) is -0.101. The molecule has 1 aliphatic heterocycles. The molecule has 0 atom stereocenters. The van der Waals surface area contributed by atoms with E-state index >= 15 is 0 Å². The van der Waals surface area contributed by atoms with Crippen molar-refractivity contribution in [1.82, 2.24) is 10.2 Å². The van der Waals surface area contributed by atoms with E-state index in [2.05, 4.69) is 10.6 Å². The molecule has 0 bridgehead atoms. The first-order chi connectivity index (χ1) is 9.60. The summed E-state index contributed by atoms with van der Waals surface area (Å²) in [6.45, 7) is 3.00. The van der Waals surface area contributed by atoms with Crippen molar-refractivity contribution in [2.45, 2.75) is 25.8 Å². The Morgan fingerprint density at radius 3 is 2.55 bits per heavy atom. The highest BCUT2D eigenvalue weighted by atomic mass is 16.2. The molecule has 108 valence electrons. The molecule has 1 heterocycles. The number of hydrogen-bond acceptors (Lipinski definition) is 3. The molecule has 5 nitrogen and oxygen atoms in total. The second-order valence-electron chi connectivity index (χ2n) is 5.12. The third-order valence-electron chi connectivity index (χ3n) is 3.62. The van der Waals surface area contributed by atoms with Gasteiger partial charge in [-0.05, 0) is 38.1 Å². The summed E-state index contributed by atoms with van der Waals surface area (Å²) in [6.07, 6.45) is 1.96. The standard InChI is InChI=1S/C15H21N3O2/c1-11(19)17-14-5-3-4-12(10-14)15(20)18-8-6-13(16-2)7-9-18/h3-5,10,13,16H,6-9H2,1-2H3,(H,17,19). The minimum Gasteiger partial charge on any atom is -0.339 e. The Hall–Kier alpha value is -1.88. The quantitative estimate of drug-likeness (QED) is 0.878. The first kappa shape index (κ1) is 14.5. The topological polar surface area (TPSA) is 61.4 Å². The van der Waals surface area contributed by atoms with E-state index in [4.69, 9.17) is 0 Å². The van der Waals surface area contributed by atoms with Crippen LogP contribution in [-0.4, -0.2) is 42.9 Å². The van der Waals surface area contributed by atoms with Gasteiger partial charge in [-0.3, -0.25) is 9.59 Å². The molecule has 0 aromatic heterocycles. The average Bonchev–Trinajstić information content (AvgIpc) is 2.46. The summed E-state index contributed by atoms with van der Waals surface area (Å²) >= 11 is 0. The van der Waals surface area contributed by atoms with Crippen molar-refractivity contribution in [3.8, 4) is 0 Å². The molecule has 0 spiro atoms. The first-order valence-electron chi connectivity index (χ1n) is 6.94. The van der Waals surface area contributed by atoms with Gasteiger partial charge in [-0.15, -0.1) is 0 Å². The summed E-state index contributed by atoms with van der Waals surface area (Å²) < 4.78 is 0. The largest absolute Gasteiger partial charge is 0.339 e. The first-order valence-corrected chi connectivity index (χ1v) is 6.94. The van der Waals surface area contributed by atoms with Crippen LogP contribution in [0.1, 0.15) is 30.1 Å². The smallest absolute Gasteiger partial charge is 0.253 e. The van der Waals surface area contributed by atoms with E-state index in [1.54, 1.807) is 24.3 Å². The number of piperidine rings is 1. The maximum Gasteiger partial charge on any atom is 0.253 e. The van der Waals surface area contributed by atoms with Crippen LogP contribution in [0.25, 0.3) is 0 Å². The Kier molecular flexibility index (Phi) is 4.74. The number of nitrogens with one attached hydrogen (secondary N) is 2. The van der Waals surface area contributed by atoms with Gasteiger partial charge in [0.2, 0.25) is 5.91 Å². The molecular formula is C15H21N3O2. The Bertz CT molecular complexity index is 494. The van der Waals surface area contributed by atoms with Gasteiger partial charge in [0.1, 0.15) is 0 Å². The van der Waals surface area contributed by atoms with Gasteiger partial charge in [-0.1, -0.05) is 6.07 Å². The normalized spacial score (nSPS) is 16.0. The summed E-state index contributed by atoms with van der Waals surface area (Å²) in [4.78, 5) is 25.4. The van der Waals surface area contributed by atoms with Gasteiger partial charge in [0, 0.05) is 37.3 Å². The summed E-state index contributed by atoms with van der Waals surface area (Å²) in [6, 6.07) is 7.60. The number of likely N-dealkylation sites (tertiary alicyclic amines) is 1. The average molecular weight is 275 g/mol. The molecule has 2 amide bonds. The maximum absolute atomic E-state index is 12.4. The lowest BCUT2D eigenvalue weighted by Crippen LogP contribution is -2.43. The van der Waals surface area contributed by atoms with Crippen molar-refractivity contribution in [1.29, 1.82) is 0 Å². The zero-order valence-corrected chi connectivity index (χ0v) is 12.0. The highest BCUT2D eigenvalue weighted by molar-refractivity contribution is 5.96. The molecule has 0 saturated carbocycles. The number of nitrogens with zero attached hydrogens (tertiary/aromatic N) is 1. The second-order valence-corrected chi connectivity index (χ2v) is 5.12. The predicted molar refractivity (Wildman–Crippen MR) is 78.7 cm³/mol. The molecule has 1 aromatic carbocycles. The van der Waals surface area contributed by atoms with E-state index in [0.29, 0.717) is 17.3 Å². The number of carbonyl (C=O) groups excluding carboxylic acids is 2. The number of hydrogen-bond donors (Lipinski definition) is 2. The lowest BCUT2D eigenvalue weighted by atomic mass is 10.0. The molecule has 1 fully saturated rings. The fourth-order valence-corrected chi connectivity index (χ4v) is 2.49. The van der Waals surface area contributed by atoms with E-state index in [0.717, 1.165) is 25.9 Å². The number of carbonyl (C=O) groups is 2. The summed E-state index contributed by atoms with van der Waals surface area (Å²) in [7, 11) is 1.96. The maximum atomic E-state index is 12.4. The van der Waals surface area contributed by atoms with Crippen LogP contribution in [0.3, 0.4) is 0 Å². The minimum atomic E-state index is -0.135. The fraction of sp³-hybridized carbons (Fsp3) is 0.467. The monoisotopic (exact) mass is 275 g/mol. The van der Waals surface area contributed by atoms with Gasteiger partial charge in [-0.25, -0.2) is 0 Å². The zero-order valence-electron chi connectivity index (χ0n) is 12.0. The van der Waals surface area contributed by atoms with Crippen molar-refractivity contribution < 1.29 is 9.59 Å². The van der Waals surface area contributed by atoms with Crippen LogP contribution in [0.2, 0.25) is 0 Å². The van der Waals surface area contributed by atoms with Crippen LogP contribution in [0, 0.1) is 0 Å². The number of anilines is 1. The number of rotatable bonds is 3. The van der Waals surface area contributed by atoms with Gasteiger partial charge in [0.05, 0.1) is 0 Å². The Morgan fingerprint density at radius 2 is 1.95 bits per heavy atom. The molecule has 1 saturated heterocycles. The van der Waals surface area contributed by atoms with E-state index in [1.807, 2.05) is 11.9 Å².